The van der Waals surface area contributed by atoms with Crippen LogP contribution in [0.25, 0.3) is 0 Å². The molecule has 1 heterocycles. The summed E-state index contributed by atoms with van der Waals surface area (Å²) in [4.78, 5) is 15.6. The van der Waals surface area contributed by atoms with Gasteiger partial charge in [-0.25, -0.2) is 9.78 Å². The van der Waals surface area contributed by atoms with Gasteiger partial charge in [-0.15, -0.1) is 0 Å². The molecular weight excluding hydrogens is 301 g/mol. The zero-order valence-corrected chi connectivity index (χ0v) is 12.0. The van der Waals surface area contributed by atoms with Crippen LogP contribution in [-0.2, 0) is 4.74 Å². The molecule has 3 N–H and O–H groups in total. The van der Waals surface area contributed by atoms with Gasteiger partial charge in [0.2, 0.25) is 0 Å². The van der Waals surface area contributed by atoms with Gasteiger partial charge in [0.25, 0.3) is 0 Å². The Morgan fingerprint density at radius 1 is 1.25 bits per heavy atom. The third kappa shape index (κ3) is 3.31. The molecule has 0 spiro atoms. The lowest BCUT2D eigenvalue weighted by molar-refractivity contribution is 0.0602. The molecule has 0 saturated carbocycles. The number of aromatic nitrogens is 1. The molecule has 2 rings (SSSR count). The minimum Gasteiger partial charge on any atom is -0.465 e. The average Bonchev–Trinajstić information content (AvgIpc) is 2.39. The van der Waals surface area contributed by atoms with Crippen LogP contribution in [0.4, 0.5) is 17.2 Å². The number of hydrogen-bond donors (Lipinski definition) is 2. The number of hydrogen-bond acceptors (Lipinski definition) is 5. The first-order valence-corrected chi connectivity index (χ1v) is 6.32. The Kier molecular flexibility index (Phi) is 4.32. The van der Waals surface area contributed by atoms with Crippen LogP contribution in [0.2, 0.25) is 10.0 Å². The number of benzene rings is 1. The smallest absolute Gasteiger partial charge is 0.340 e. The van der Waals surface area contributed by atoms with Crippen molar-refractivity contribution >= 4 is 46.4 Å². The molecule has 20 heavy (non-hydrogen) atoms. The van der Waals surface area contributed by atoms with Crippen LogP contribution in [0, 0.1) is 0 Å². The lowest BCUT2D eigenvalue weighted by Crippen LogP contribution is -2.07. The molecule has 0 aliphatic rings. The summed E-state index contributed by atoms with van der Waals surface area (Å²) in [6.45, 7) is 0. The summed E-state index contributed by atoms with van der Waals surface area (Å²) in [5.74, 6) is -0.102. The lowest BCUT2D eigenvalue weighted by atomic mass is 10.2. The number of methoxy groups -OCH3 is 1. The van der Waals surface area contributed by atoms with E-state index in [2.05, 4.69) is 15.0 Å². The van der Waals surface area contributed by atoms with Gasteiger partial charge >= 0.3 is 5.97 Å². The van der Waals surface area contributed by atoms with Gasteiger partial charge in [0.15, 0.2) is 0 Å². The fraction of sp³-hybridized carbons (Fsp3) is 0.0769. The van der Waals surface area contributed by atoms with E-state index < -0.39 is 5.97 Å². The maximum Gasteiger partial charge on any atom is 0.340 e. The van der Waals surface area contributed by atoms with E-state index in [1.807, 2.05) is 0 Å². The van der Waals surface area contributed by atoms with Crippen LogP contribution in [-0.4, -0.2) is 18.1 Å². The van der Waals surface area contributed by atoms with Crippen molar-refractivity contribution in [3.8, 4) is 0 Å². The van der Waals surface area contributed by atoms with E-state index in [1.54, 1.807) is 18.2 Å². The van der Waals surface area contributed by atoms with E-state index in [9.17, 15) is 4.79 Å². The van der Waals surface area contributed by atoms with Crippen molar-refractivity contribution < 1.29 is 9.53 Å². The number of ether oxygens (including phenoxy) is 1. The maximum atomic E-state index is 11.5. The highest BCUT2D eigenvalue weighted by Gasteiger charge is 2.12. The Morgan fingerprint density at radius 2 is 1.90 bits per heavy atom. The molecule has 0 radical (unpaired) electrons. The monoisotopic (exact) mass is 311 g/mol. The number of pyridine rings is 1. The van der Waals surface area contributed by atoms with Crippen LogP contribution in [0.15, 0.2) is 30.5 Å². The van der Waals surface area contributed by atoms with Gasteiger partial charge in [-0.3, -0.25) is 0 Å². The second-order valence-electron chi connectivity index (χ2n) is 3.93. The van der Waals surface area contributed by atoms with Crippen molar-refractivity contribution in [2.24, 2.45) is 0 Å². The Balaban J connectivity index is 2.32. The predicted molar refractivity (Wildman–Crippen MR) is 79.7 cm³/mol. The van der Waals surface area contributed by atoms with Crippen molar-refractivity contribution in [3.63, 3.8) is 0 Å². The summed E-state index contributed by atoms with van der Waals surface area (Å²) < 4.78 is 4.64. The molecule has 1 aromatic heterocycles. The minimum absolute atomic E-state index is 0.234. The Hall–Kier alpha value is -1.98. The van der Waals surface area contributed by atoms with Gasteiger partial charge in [0.05, 0.1) is 24.6 Å². The number of carbonyl (C=O) groups is 1. The molecule has 0 saturated heterocycles. The molecule has 104 valence electrons. The van der Waals surface area contributed by atoms with E-state index in [0.29, 0.717) is 21.6 Å². The number of nitrogens with two attached hydrogens (primary N) is 1. The van der Waals surface area contributed by atoms with Crippen LogP contribution < -0.4 is 11.1 Å². The molecule has 5 nitrogen and oxygen atoms in total. The summed E-state index contributed by atoms with van der Waals surface area (Å²) in [6, 6.07) is 6.48. The van der Waals surface area contributed by atoms with Gasteiger partial charge in [-0.2, -0.15) is 0 Å². The van der Waals surface area contributed by atoms with Crippen LogP contribution in [0.5, 0.6) is 0 Å². The van der Waals surface area contributed by atoms with Crippen LogP contribution in [0.3, 0.4) is 0 Å². The highest BCUT2D eigenvalue weighted by molar-refractivity contribution is 6.35. The summed E-state index contributed by atoms with van der Waals surface area (Å²) in [6.07, 6.45) is 1.38. The number of anilines is 3. The summed E-state index contributed by atoms with van der Waals surface area (Å²) in [7, 11) is 1.28. The zero-order chi connectivity index (χ0) is 14.7. The van der Waals surface area contributed by atoms with Crippen LogP contribution in [0.1, 0.15) is 10.4 Å². The average molecular weight is 312 g/mol. The number of esters is 1. The summed E-state index contributed by atoms with van der Waals surface area (Å²) in [5, 5.41) is 3.97. The molecule has 1 aromatic carbocycles. The first-order valence-electron chi connectivity index (χ1n) is 5.56. The number of rotatable bonds is 3. The van der Waals surface area contributed by atoms with E-state index in [-0.39, 0.29) is 11.3 Å². The number of nitrogens with one attached hydrogen (secondary N) is 1. The second kappa shape index (κ2) is 5.98. The normalized spacial score (nSPS) is 10.2. The largest absolute Gasteiger partial charge is 0.465 e. The van der Waals surface area contributed by atoms with E-state index in [1.165, 1.54) is 19.4 Å². The SMILES string of the molecule is COC(=O)c1cc(Nc2cc(Cl)cc(Cl)c2)ncc1N. The van der Waals surface area contributed by atoms with Gasteiger partial charge in [-0.1, -0.05) is 23.2 Å². The maximum absolute atomic E-state index is 11.5. The summed E-state index contributed by atoms with van der Waals surface area (Å²) >= 11 is 11.8. The van der Waals surface area contributed by atoms with Gasteiger partial charge in [-0.05, 0) is 24.3 Å². The molecule has 0 unspecified atom stereocenters. The number of carbonyl (C=O) groups excluding carboxylic acids is 1. The molecule has 0 atom stereocenters. The number of nitrogen functional groups attached to an aromatic ring is 1. The standard InChI is InChI=1S/C13H11Cl2N3O2/c1-20-13(19)10-5-12(17-6-11(10)16)18-9-3-7(14)2-8(15)4-9/h2-6H,16H2,1H3,(H,17,18). The molecule has 0 aliphatic carbocycles. The van der Waals surface area contributed by atoms with E-state index in [4.69, 9.17) is 28.9 Å². The Labute approximate surface area is 125 Å². The van der Waals surface area contributed by atoms with Crippen molar-refractivity contribution in [1.29, 1.82) is 0 Å². The second-order valence-corrected chi connectivity index (χ2v) is 4.80. The fourth-order valence-electron chi connectivity index (χ4n) is 1.59. The quantitative estimate of drug-likeness (QED) is 0.848. The van der Waals surface area contributed by atoms with Gasteiger partial charge in [0.1, 0.15) is 5.82 Å². The molecule has 0 aliphatic heterocycles. The fourth-order valence-corrected chi connectivity index (χ4v) is 2.12. The van der Waals surface area contributed by atoms with Crippen LogP contribution >= 0.6 is 23.2 Å². The number of halogens is 2. The molecular formula is C13H11Cl2N3O2. The van der Waals surface area contributed by atoms with Crippen molar-refractivity contribution in [3.05, 3.63) is 46.1 Å². The van der Waals surface area contributed by atoms with Crippen molar-refractivity contribution in [2.75, 3.05) is 18.2 Å². The summed E-state index contributed by atoms with van der Waals surface area (Å²) in [5.41, 5.74) is 6.80. The molecule has 0 amide bonds. The van der Waals surface area contributed by atoms with Gasteiger partial charge < -0.3 is 15.8 Å². The minimum atomic E-state index is -0.530. The van der Waals surface area contributed by atoms with Gasteiger partial charge in [0, 0.05) is 15.7 Å². The Morgan fingerprint density at radius 3 is 2.50 bits per heavy atom. The van der Waals surface area contributed by atoms with E-state index in [0.717, 1.165) is 0 Å². The van der Waals surface area contributed by atoms with Crippen molar-refractivity contribution in [1.82, 2.24) is 4.98 Å². The Bertz CT molecular complexity index is 642. The molecule has 7 heteroatoms. The molecule has 2 aromatic rings. The highest BCUT2D eigenvalue weighted by Crippen LogP contribution is 2.25. The third-order valence-electron chi connectivity index (χ3n) is 2.48. The molecule has 0 bridgehead atoms. The topological polar surface area (TPSA) is 77.2 Å². The lowest BCUT2D eigenvalue weighted by Gasteiger charge is -2.09. The third-order valence-corrected chi connectivity index (χ3v) is 2.91. The highest BCUT2D eigenvalue weighted by atomic mass is 35.5. The number of nitrogens with zero attached hydrogens (tertiary/aromatic N) is 1. The zero-order valence-electron chi connectivity index (χ0n) is 10.5. The van der Waals surface area contributed by atoms with Crippen molar-refractivity contribution in [2.45, 2.75) is 0 Å². The predicted octanol–water partition coefficient (Wildman–Crippen LogP) is 3.50. The first kappa shape index (κ1) is 14.4. The molecule has 0 fully saturated rings. The van der Waals surface area contributed by atoms with E-state index >= 15 is 0 Å². The first-order chi connectivity index (χ1) is 9.49.